The molecule has 5 rings (SSSR count). The first-order valence-electron chi connectivity index (χ1n) is 9.13. The Morgan fingerprint density at radius 2 is 2.19 bits per heavy atom. The van der Waals surface area contributed by atoms with E-state index in [4.69, 9.17) is 0 Å². The summed E-state index contributed by atoms with van der Waals surface area (Å²) >= 11 is 1.77. The van der Waals surface area contributed by atoms with Crippen LogP contribution in [-0.2, 0) is 6.54 Å². The molecule has 1 aromatic carbocycles. The second-order valence-electron chi connectivity index (χ2n) is 7.03. The lowest BCUT2D eigenvalue weighted by Crippen LogP contribution is -2.27. The Balaban J connectivity index is 1.38. The average molecular weight is 376 g/mol. The molecular formula is C21H20N4OS. The first-order valence-corrected chi connectivity index (χ1v) is 9.95. The predicted octanol–water partition coefficient (Wildman–Crippen LogP) is 3.84. The zero-order valence-electron chi connectivity index (χ0n) is 15.1. The second kappa shape index (κ2) is 6.48. The minimum Gasteiger partial charge on any atom is -0.319 e. The minimum atomic E-state index is -0.0463. The predicted molar refractivity (Wildman–Crippen MR) is 110 cm³/mol. The largest absolute Gasteiger partial charge is 0.319 e. The molecule has 0 bridgehead atoms. The number of benzene rings is 1. The van der Waals surface area contributed by atoms with Crippen molar-refractivity contribution in [2.24, 2.45) is 0 Å². The fourth-order valence-electron chi connectivity index (χ4n) is 3.80. The molecule has 0 atom stereocenters. The molecule has 1 aliphatic rings. The van der Waals surface area contributed by atoms with E-state index in [1.807, 2.05) is 28.9 Å². The molecule has 0 radical (unpaired) electrons. The maximum atomic E-state index is 12.2. The van der Waals surface area contributed by atoms with Gasteiger partial charge in [-0.15, -0.1) is 11.3 Å². The Labute approximate surface area is 160 Å². The first kappa shape index (κ1) is 16.5. The molecule has 4 aromatic rings. The summed E-state index contributed by atoms with van der Waals surface area (Å²) in [6.45, 7) is 4.91. The van der Waals surface area contributed by atoms with E-state index in [0.717, 1.165) is 42.1 Å². The van der Waals surface area contributed by atoms with Gasteiger partial charge in [0.15, 0.2) is 0 Å². The molecule has 0 saturated heterocycles. The number of H-pyrrole nitrogens is 1. The van der Waals surface area contributed by atoms with E-state index < -0.39 is 0 Å². The highest BCUT2D eigenvalue weighted by Crippen LogP contribution is 2.27. The Hall–Kier alpha value is -2.70. The van der Waals surface area contributed by atoms with E-state index in [2.05, 4.69) is 46.1 Å². The Bertz CT molecular complexity index is 1230. The van der Waals surface area contributed by atoms with Gasteiger partial charge in [-0.1, -0.05) is 12.1 Å². The number of aromatic amines is 1. The number of aryl methyl sites for hydroxylation is 1. The first-order chi connectivity index (χ1) is 13.2. The lowest BCUT2D eigenvalue weighted by molar-refractivity contribution is 0.294. The maximum Gasteiger partial charge on any atom is 0.272 e. The van der Waals surface area contributed by atoms with Gasteiger partial charge in [-0.05, 0) is 48.7 Å². The van der Waals surface area contributed by atoms with Crippen LogP contribution in [0.2, 0.25) is 0 Å². The van der Waals surface area contributed by atoms with Crippen LogP contribution in [0, 0.1) is 6.92 Å². The summed E-state index contributed by atoms with van der Waals surface area (Å²) in [4.78, 5) is 23.3. The zero-order valence-corrected chi connectivity index (χ0v) is 15.9. The van der Waals surface area contributed by atoms with E-state index in [-0.39, 0.29) is 5.56 Å². The third kappa shape index (κ3) is 3.01. The highest BCUT2D eigenvalue weighted by atomic mass is 32.1. The SMILES string of the molecule is Cc1ncc(C2=CCN(Cc3ccc4c(c3)[nH]c(=O)c3cccn34)CC2)s1. The monoisotopic (exact) mass is 376 g/mol. The number of nitrogens with one attached hydrogen (secondary N) is 1. The standard InChI is InChI=1S/C21H20N4OS/c1-14-22-12-20(27-14)16-6-9-24(10-7-16)13-15-4-5-18-17(11-15)23-21(26)19-3-2-8-25(18)19/h2-6,8,11-12H,7,9-10,13H2,1H3,(H,23,26). The van der Waals surface area contributed by atoms with Crippen molar-refractivity contribution >= 4 is 33.5 Å². The number of hydrogen-bond donors (Lipinski definition) is 1. The summed E-state index contributed by atoms with van der Waals surface area (Å²) in [5, 5.41) is 1.12. The summed E-state index contributed by atoms with van der Waals surface area (Å²) in [6.07, 6.45) is 7.30. The van der Waals surface area contributed by atoms with Gasteiger partial charge in [0.05, 0.1) is 20.9 Å². The molecule has 136 valence electrons. The highest BCUT2D eigenvalue weighted by molar-refractivity contribution is 7.12. The van der Waals surface area contributed by atoms with Gasteiger partial charge < -0.3 is 9.38 Å². The average Bonchev–Trinajstić information content (AvgIpc) is 3.32. The minimum absolute atomic E-state index is 0.0463. The summed E-state index contributed by atoms with van der Waals surface area (Å²) in [7, 11) is 0. The number of thiazole rings is 1. The van der Waals surface area contributed by atoms with Gasteiger partial charge in [0.1, 0.15) is 5.52 Å². The number of aromatic nitrogens is 3. The van der Waals surface area contributed by atoms with Crippen molar-refractivity contribution < 1.29 is 0 Å². The third-order valence-electron chi connectivity index (χ3n) is 5.19. The van der Waals surface area contributed by atoms with Gasteiger partial charge in [0.2, 0.25) is 0 Å². The van der Waals surface area contributed by atoms with E-state index in [0.29, 0.717) is 5.52 Å². The Morgan fingerprint density at radius 1 is 1.26 bits per heavy atom. The van der Waals surface area contributed by atoms with Gasteiger partial charge in [0, 0.05) is 32.0 Å². The Morgan fingerprint density at radius 3 is 2.96 bits per heavy atom. The number of fused-ring (bicyclic) bond motifs is 3. The van der Waals surface area contributed by atoms with Crippen LogP contribution in [-0.4, -0.2) is 32.4 Å². The van der Waals surface area contributed by atoms with Crippen molar-refractivity contribution in [2.75, 3.05) is 13.1 Å². The highest BCUT2D eigenvalue weighted by Gasteiger charge is 2.15. The molecule has 1 N–H and O–H groups in total. The number of rotatable bonds is 3. The molecule has 0 aliphatic carbocycles. The molecule has 0 spiro atoms. The lowest BCUT2D eigenvalue weighted by atomic mass is 10.1. The van der Waals surface area contributed by atoms with E-state index in [1.54, 1.807) is 11.3 Å². The summed E-state index contributed by atoms with van der Waals surface area (Å²) < 4.78 is 1.95. The molecular weight excluding hydrogens is 356 g/mol. The fraction of sp³-hybridized carbons (Fsp3) is 0.238. The fourth-order valence-corrected chi connectivity index (χ4v) is 4.65. The molecule has 1 aliphatic heterocycles. The van der Waals surface area contributed by atoms with Crippen LogP contribution in [0.15, 0.2) is 53.6 Å². The van der Waals surface area contributed by atoms with Gasteiger partial charge in [-0.25, -0.2) is 4.98 Å². The second-order valence-corrected chi connectivity index (χ2v) is 8.26. The molecule has 0 unspecified atom stereocenters. The third-order valence-corrected chi connectivity index (χ3v) is 6.18. The Kier molecular flexibility index (Phi) is 3.95. The summed E-state index contributed by atoms with van der Waals surface area (Å²) in [6, 6.07) is 10.1. The molecule has 5 nitrogen and oxygen atoms in total. The van der Waals surface area contributed by atoms with Gasteiger partial charge in [-0.3, -0.25) is 9.69 Å². The van der Waals surface area contributed by atoms with Crippen LogP contribution >= 0.6 is 11.3 Å². The topological polar surface area (TPSA) is 53.4 Å². The van der Waals surface area contributed by atoms with Crippen LogP contribution in [0.5, 0.6) is 0 Å². The van der Waals surface area contributed by atoms with Crippen molar-refractivity contribution in [1.82, 2.24) is 19.3 Å². The van der Waals surface area contributed by atoms with Crippen molar-refractivity contribution in [3.8, 4) is 0 Å². The van der Waals surface area contributed by atoms with E-state index in [1.165, 1.54) is 16.0 Å². The van der Waals surface area contributed by atoms with Crippen molar-refractivity contribution in [1.29, 1.82) is 0 Å². The van der Waals surface area contributed by atoms with Gasteiger partial charge in [-0.2, -0.15) is 0 Å². The quantitative estimate of drug-likeness (QED) is 0.591. The van der Waals surface area contributed by atoms with Gasteiger partial charge in [0.25, 0.3) is 5.56 Å². The molecule has 6 heteroatoms. The van der Waals surface area contributed by atoms with Crippen LogP contribution in [0.4, 0.5) is 0 Å². The van der Waals surface area contributed by atoms with E-state index >= 15 is 0 Å². The molecule has 27 heavy (non-hydrogen) atoms. The van der Waals surface area contributed by atoms with Crippen molar-refractivity contribution in [2.45, 2.75) is 19.9 Å². The van der Waals surface area contributed by atoms with E-state index in [9.17, 15) is 4.79 Å². The van der Waals surface area contributed by atoms with Crippen molar-refractivity contribution in [3.63, 3.8) is 0 Å². The van der Waals surface area contributed by atoms with Crippen LogP contribution in [0.1, 0.15) is 21.9 Å². The van der Waals surface area contributed by atoms with Crippen LogP contribution in [0.3, 0.4) is 0 Å². The molecule has 4 heterocycles. The maximum absolute atomic E-state index is 12.2. The molecule has 3 aromatic heterocycles. The summed E-state index contributed by atoms with van der Waals surface area (Å²) in [5.74, 6) is 0. The number of nitrogens with zero attached hydrogens (tertiary/aromatic N) is 3. The molecule has 0 fully saturated rings. The van der Waals surface area contributed by atoms with Crippen LogP contribution in [0.25, 0.3) is 22.1 Å². The summed E-state index contributed by atoms with van der Waals surface area (Å²) in [5.41, 5.74) is 5.18. The lowest BCUT2D eigenvalue weighted by Gasteiger charge is -2.26. The molecule has 0 amide bonds. The normalized spacial score (nSPS) is 15.5. The van der Waals surface area contributed by atoms with Crippen LogP contribution < -0.4 is 5.56 Å². The van der Waals surface area contributed by atoms with Gasteiger partial charge >= 0.3 is 0 Å². The van der Waals surface area contributed by atoms with Crippen molar-refractivity contribution in [3.05, 3.63) is 74.6 Å². The zero-order chi connectivity index (χ0) is 18.4. The smallest absolute Gasteiger partial charge is 0.272 e. The number of hydrogen-bond acceptors (Lipinski definition) is 4. The molecule has 0 saturated carbocycles.